The Morgan fingerprint density at radius 1 is 1.27 bits per heavy atom. The number of amides is 2. The predicted molar refractivity (Wildman–Crippen MR) is 96.1 cm³/mol. The van der Waals surface area contributed by atoms with E-state index in [4.69, 9.17) is 9.15 Å². The summed E-state index contributed by atoms with van der Waals surface area (Å²) in [7, 11) is 1.57. The molecule has 0 saturated carbocycles. The first kappa shape index (κ1) is 17.7. The van der Waals surface area contributed by atoms with Crippen molar-refractivity contribution in [1.29, 1.82) is 0 Å². The standard InChI is InChI=1S/C19H21N3O4/c1-25-16-5-2-4-15(12-16)19(24)22-9-7-14(8-10-22)18(23)21-20-13-17-6-3-11-26-17/h2-6,11-14H,7-10H2,1H3,(H,21,23)/b20-13+. The molecule has 7 heteroatoms. The van der Waals surface area contributed by atoms with Crippen molar-refractivity contribution in [2.75, 3.05) is 20.2 Å². The van der Waals surface area contributed by atoms with Crippen molar-refractivity contribution in [2.45, 2.75) is 12.8 Å². The number of nitrogens with one attached hydrogen (secondary N) is 1. The highest BCUT2D eigenvalue weighted by Crippen LogP contribution is 2.21. The topological polar surface area (TPSA) is 84.1 Å². The number of rotatable bonds is 5. The Hall–Kier alpha value is -3.09. The highest BCUT2D eigenvalue weighted by molar-refractivity contribution is 5.94. The van der Waals surface area contributed by atoms with Crippen LogP contribution in [0, 0.1) is 5.92 Å². The maximum Gasteiger partial charge on any atom is 0.253 e. The lowest BCUT2D eigenvalue weighted by molar-refractivity contribution is -0.126. The Balaban J connectivity index is 1.50. The van der Waals surface area contributed by atoms with Gasteiger partial charge in [-0.2, -0.15) is 5.10 Å². The Labute approximate surface area is 151 Å². The van der Waals surface area contributed by atoms with Gasteiger partial charge in [-0.15, -0.1) is 0 Å². The van der Waals surface area contributed by atoms with Crippen LogP contribution in [0.1, 0.15) is 29.0 Å². The first-order chi connectivity index (χ1) is 12.7. The van der Waals surface area contributed by atoms with E-state index in [2.05, 4.69) is 10.5 Å². The minimum Gasteiger partial charge on any atom is -0.497 e. The quantitative estimate of drug-likeness (QED) is 0.659. The Morgan fingerprint density at radius 2 is 2.08 bits per heavy atom. The van der Waals surface area contributed by atoms with Gasteiger partial charge < -0.3 is 14.1 Å². The molecule has 1 aromatic carbocycles. The van der Waals surface area contributed by atoms with Crippen molar-refractivity contribution in [3.63, 3.8) is 0 Å². The van der Waals surface area contributed by atoms with Crippen LogP contribution in [0.4, 0.5) is 0 Å². The molecule has 0 atom stereocenters. The number of ether oxygens (including phenoxy) is 1. The fourth-order valence-electron chi connectivity index (χ4n) is 2.90. The number of furan rings is 1. The molecule has 1 fully saturated rings. The first-order valence-corrected chi connectivity index (χ1v) is 8.47. The summed E-state index contributed by atoms with van der Waals surface area (Å²) in [6, 6.07) is 10.6. The van der Waals surface area contributed by atoms with Gasteiger partial charge in [0.1, 0.15) is 11.5 Å². The lowest BCUT2D eigenvalue weighted by Crippen LogP contribution is -2.42. The molecule has 136 valence electrons. The van der Waals surface area contributed by atoms with Gasteiger partial charge in [0.25, 0.3) is 5.91 Å². The number of piperidine rings is 1. The highest BCUT2D eigenvalue weighted by Gasteiger charge is 2.27. The Bertz CT molecular complexity index is 778. The van der Waals surface area contributed by atoms with Crippen molar-refractivity contribution < 1.29 is 18.7 Å². The number of nitrogens with zero attached hydrogens (tertiary/aromatic N) is 2. The van der Waals surface area contributed by atoms with Crippen LogP contribution in [0.2, 0.25) is 0 Å². The summed E-state index contributed by atoms with van der Waals surface area (Å²) in [5.41, 5.74) is 3.12. The van der Waals surface area contributed by atoms with E-state index < -0.39 is 0 Å². The second kappa shape index (κ2) is 8.33. The number of methoxy groups -OCH3 is 1. The number of hydrazone groups is 1. The van der Waals surface area contributed by atoms with Gasteiger partial charge in [0, 0.05) is 24.6 Å². The van der Waals surface area contributed by atoms with Crippen LogP contribution >= 0.6 is 0 Å². The van der Waals surface area contributed by atoms with E-state index in [1.54, 1.807) is 48.4 Å². The Morgan fingerprint density at radius 3 is 2.77 bits per heavy atom. The second-order valence-electron chi connectivity index (χ2n) is 6.05. The van der Waals surface area contributed by atoms with Crippen LogP contribution in [-0.2, 0) is 4.79 Å². The minimum absolute atomic E-state index is 0.0430. The predicted octanol–water partition coefficient (Wildman–Crippen LogP) is 2.29. The lowest BCUT2D eigenvalue weighted by atomic mass is 9.95. The molecule has 0 aliphatic carbocycles. The highest BCUT2D eigenvalue weighted by atomic mass is 16.5. The maximum atomic E-state index is 12.6. The van der Waals surface area contributed by atoms with E-state index in [0.29, 0.717) is 43.0 Å². The van der Waals surface area contributed by atoms with E-state index in [-0.39, 0.29) is 17.7 Å². The van der Waals surface area contributed by atoms with Gasteiger partial charge in [0.15, 0.2) is 0 Å². The molecule has 0 radical (unpaired) electrons. The zero-order valence-corrected chi connectivity index (χ0v) is 14.6. The number of hydrogen-bond donors (Lipinski definition) is 1. The number of likely N-dealkylation sites (tertiary alicyclic amines) is 1. The van der Waals surface area contributed by atoms with Crippen LogP contribution in [0.15, 0.2) is 52.2 Å². The van der Waals surface area contributed by atoms with Gasteiger partial charge in [0.2, 0.25) is 5.91 Å². The maximum absolute atomic E-state index is 12.6. The summed E-state index contributed by atoms with van der Waals surface area (Å²) in [4.78, 5) is 26.5. The van der Waals surface area contributed by atoms with Crippen LogP contribution in [0.25, 0.3) is 0 Å². The van der Waals surface area contributed by atoms with Gasteiger partial charge in [-0.05, 0) is 43.2 Å². The Kier molecular flexibility index (Phi) is 5.68. The molecule has 2 aromatic rings. The fraction of sp³-hybridized carbons (Fsp3) is 0.316. The summed E-state index contributed by atoms with van der Waals surface area (Å²) in [6.07, 6.45) is 4.22. The largest absolute Gasteiger partial charge is 0.497 e. The third-order valence-electron chi connectivity index (χ3n) is 4.38. The number of carbonyl (C=O) groups is 2. The smallest absolute Gasteiger partial charge is 0.253 e. The molecule has 3 rings (SSSR count). The molecule has 1 aliphatic rings. The molecular weight excluding hydrogens is 334 g/mol. The van der Waals surface area contributed by atoms with E-state index in [9.17, 15) is 9.59 Å². The molecule has 1 saturated heterocycles. The van der Waals surface area contributed by atoms with Crippen molar-refractivity contribution in [3.8, 4) is 5.75 Å². The minimum atomic E-state index is -0.155. The van der Waals surface area contributed by atoms with Crippen molar-refractivity contribution in [3.05, 3.63) is 54.0 Å². The number of hydrogen-bond acceptors (Lipinski definition) is 5. The van der Waals surface area contributed by atoms with E-state index in [1.807, 2.05) is 0 Å². The molecule has 1 aromatic heterocycles. The lowest BCUT2D eigenvalue weighted by Gasteiger charge is -2.31. The van der Waals surface area contributed by atoms with Gasteiger partial charge in [-0.3, -0.25) is 9.59 Å². The SMILES string of the molecule is COc1cccc(C(=O)N2CCC(C(=O)N/N=C/c3ccco3)CC2)c1. The number of carbonyl (C=O) groups excluding carboxylic acids is 2. The zero-order chi connectivity index (χ0) is 18.4. The number of benzene rings is 1. The summed E-state index contributed by atoms with van der Waals surface area (Å²) in [5, 5.41) is 3.90. The molecule has 2 amide bonds. The van der Waals surface area contributed by atoms with Crippen molar-refractivity contribution in [2.24, 2.45) is 11.0 Å². The summed E-state index contributed by atoms with van der Waals surface area (Å²) >= 11 is 0. The summed E-state index contributed by atoms with van der Waals surface area (Å²) < 4.78 is 10.3. The molecule has 7 nitrogen and oxygen atoms in total. The van der Waals surface area contributed by atoms with E-state index >= 15 is 0 Å². The second-order valence-corrected chi connectivity index (χ2v) is 6.05. The normalized spacial score (nSPS) is 15.2. The third-order valence-corrected chi connectivity index (χ3v) is 4.38. The third kappa shape index (κ3) is 4.30. The van der Waals surface area contributed by atoms with Crippen LogP contribution in [-0.4, -0.2) is 43.1 Å². The first-order valence-electron chi connectivity index (χ1n) is 8.47. The summed E-state index contributed by atoms with van der Waals surface area (Å²) in [5.74, 6) is 0.890. The van der Waals surface area contributed by atoms with Gasteiger partial charge >= 0.3 is 0 Å². The monoisotopic (exact) mass is 355 g/mol. The molecule has 1 aliphatic heterocycles. The van der Waals surface area contributed by atoms with Crippen LogP contribution in [0.5, 0.6) is 5.75 Å². The molecule has 2 heterocycles. The molecule has 0 bridgehead atoms. The fourth-order valence-corrected chi connectivity index (χ4v) is 2.90. The summed E-state index contributed by atoms with van der Waals surface area (Å²) in [6.45, 7) is 1.08. The molecule has 0 spiro atoms. The van der Waals surface area contributed by atoms with Crippen molar-refractivity contribution in [1.82, 2.24) is 10.3 Å². The van der Waals surface area contributed by atoms with Gasteiger partial charge in [-0.1, -0.05) is 6.07 Å². The van der Waals surface area contributed by atoms with Crippen LogP contribution in [0.3, 0.4) is 0 Å². The van der Waals surface area contributed by atoms with E-state index in [0.717, 1.165) is 0 Å². The van der Waals surface area contributed by atoms with Crippen LogP contribution < -0.4 is 10.2 Å². The van der Waals surface area contributed by atoms with E-state index in [1.165, 1.54) is 12.5 Å². The zero-order valence-electron chi connectivity index (χ0n) is 14.6. The van der Waals surface area contributed by atoms with Gasteiger partial charge in [-0.25, -0.2) is 5.43 Å². The average molecular weight is 355 g/mol. The molecular formula is C19H21N3O4. The van der Waals surface area contributed by atoms with Gasteiger partial charge in [0.05, 0.1) is 19.6 Å². The average Bonchev–Trinajstić information content (AvgIpc) is 3.21. The molecule has 0 unspecified atom stereocenters. The van der Waals surface area contributed by atoms with Crippen molar-refractivity contribution >= 4 is 18.0 Å². The molecule has 26 heavy (non-hydrogen) atoms. The molecule has 1 N–H and O–H groups in total.